The summed E-state index contributed by atoms with van der Waals surface area (Å²) in [6.45, 7) is 0. The van der Waals surface area contributed by atoms with Gasteiger partial charge in [-0.15, -0.1) is 0 Å². The minimum atomic E-state index is -0.440. The number of halogens is 1. The molecule has 6 nitrogen and oxygen atoms in total. The van der Waals surface area contributed by atoms with Crippen LogP contribution in [0.5, 0.6) is 17.2 Å². The van der Waals surface area contributed by atoms with Crippen LogP contribution in [0.3, 0.4) is 0 Å². The maximum atomic E-state index is 14.3. The fourth-order valence-electron chi connectivity index (χ4n) is 3.02. The quantitative estimate of drug-likeness (QED) is 0.720. The monoisotopic (exact) mass is 379 g/mol. The molecule has 3 rings (SSSR count). The third-order valence-electron chi connectivity index (χ3n) is 4.30. The first kappa shape index (κ1) is 19.0. The maximum Gasteiger partial charge on any atom is 0.203 e. The van der Waals surface area contributed by atoms with Gasteiger partial charge in [0.25, 0.3) is 0 Å². The minimum absolute atomic E-state index is 0.00455. The van der Waals surface area contributed by atoms with Crippen LogP contribution in [0.1, 0.15) is 5.56 Å². The lowest BCUT2D eigenvalue weighted by Crippen LogP contribution is -2.02. The number of methoxy groups -OCH3 is 3. The second-order valence-electron chi connectivity index (χ2n) is 5.79. The van der Waals surface area contributed by atoms with Crippen LogP contribution < -0.4 is 19.9 Å². The zero-order valence-corrected chi connectivity index (χ0v) is 15.6. The predicted molar refractivity (Wildman–Crippen MR) is 104 cm³/mol. The highest BCUT2D eigenvalue weighted by Gasteiger charge is 2.22. The number of aromatic nitrogens is 1. The first-order valence-corrected chi connectivity index (χ1v) is 8.30. The predicted octanol–water partition coefficient (Wildman–Crippen LogP) is 4.03. The summed E-state index contributed by atoms with van der Waals surface area (Å²) >= 11 is 0. The van der Waals surface area contributed by atoms with Crippen molar-refractivity contribution >= 4 is 5.82 Å². The van der Waals surface area contributed by atoms with Gasteiger partial charge in [0.1, 0.15) is 23.3 Å². The molecule has 0 unspecified atom stereocenters. The number of benzene rings is 2. The third-order valence-corrected chi connectivity index (χ3v) is 4.30. The molecule has 0 atom stereocenters. The van der Waals surface area contributed by atoms with Crippen molar-refractivity contribution in [3.63, 3.8) is 0 Å². The number of nitriles is 1. The number of anilines is 1. The highest BCUT2D eigenvalue weighted by atomic mass is 19.1. The molecule has 0 saturated carbocycles. The zero-order chi connectivity index (χ0) is 20.3. The van der Waals surface area contributed by atoms with Gasteiger partial charge in [0.05, 0.1) is 27.0 Å². The summed E-state index contributed by atoms with van der Waals surface area (Å²) in [5.74, 6) is 0.759. The van der Waals surface area contributed by atoms with Crippen molar-refractivity contribution in [2.24, 2.45) is 0 Å². The van der Waals surface area contributed by atoms with E-state index >= 15 is 0 Å². The fraction of sp³-hybridized carbons (Fsp3) is 0.143. The standard InChI is InChI=1S/C21H18FN3O3/c1-26-18-9-8-12(19(27-2)20(18)28-3)14-10-17(25-21(24)15(14)11-23)13-6-4-5-7-16(13)22/h4-10H,1-3H3,(H2,24,25). The molecule has 2 N–H and O–H groups in total. The molecule has 28 heavy (non-hydrogen) atoms. The average molecular weight is 379 g/mol. The van der Waals surface area contributed by atoms with Crippen molar-refractivity contribution in [2.75, 3.05) is 27.1 Å². The maximum absolute atomic E-state index is 14.3. The lowest BCUT2D eigenvalue weighted by molar-refractivity contribution is 0.325. The van der Waals surface area contributed by atoms with Crippen LogP contribution in [0.25, 0.3) is 22.4 Å². The van der Waals surface area contributed by atoms with E-state index in [0.29, 0.717) is 34.1 Å². The molecule has 0 aliphatic carbocycles. The molecular formula is C21H18FN3O3. The second-order valence-corrected chi connectivity index (χ2v) is 5.79. The van der Waals surface area contributed by atoms with Crippen molar-refractivity contribution < 1.29 is 18.6 Å². The van der Waals surface area contributed by atoms with Gasteiger partial charge in [-0.1, -0.05) is 12.1 Å². The SMILES string of the molecule is COc1ccc(-c2cc(-c3ccccc3F)nc(N)c2C#N)c(OC)c1OC. The molecule has 1 aromatic heterocycles. The number of hydrogen-bond acceptors (Lipinski definition) is 6. The molecule has 0 spiro atoms. The molecule has 0 amide bonds. The normalized spacial score (nSPS) is 10.2. The Kier molecular flexibility index (Phi) is 5.32. The Morgan fingerprint density at radius 3 is 2.25 bits per heavy atom. The van der Waals surface area contributed by atoms with Crippen molar-refractivity contribution in [1.82, 2.24) is 4.98 Å². The van der Waals surface area contributed by atoms with Crippen LogP contribution in [-0.4, -0.2) is 26.3 Å². The summed E-state index contributed by atoms with van der Waals surface area (Å²) in [6, 6.07) is 13.3. The van der Waals surface area contributed by atoms with Gasteiger partial charge < -0.3 is 19.9 Å². The van der Waals surface area contributed by atoms with Crippen molar-refractivity contribution in [3.05, 3.63) is 53.8 Å². The van der Waals surface area contributed by atoms with Gasteiger partial charge in [-0.2, -0.15) is 5.26 Å². The Bertz CT molecular complexity index is 1080. The van der Waals surface area contributed by atoms with E-state index in [1.165, 1.54) is 27.4 Å². The van der Waals surface area contributed by atoms with E-state index in [0.717, 1.165) is 0 Å². The van der Waals surface area contributed by atoms with E-state index in [-0.39, 0.29) is 16.9 Å². The Hall–Kier alpha value is -3.79. The van der Waals surface area contributed by atoms with E-state index in [1.54, 1.807) is 36.4 Å². The molecule has 0 aliphatic rings. The molecule has 0 fully saturated rings. The lowest BCUT2D eigenvalue weighted by Gasteiger charge is -2.17. The van der Waals surface area contributed by atoms with Crippen LogP contribution in [0.2, 0.25) is 0 Å². The van der Waals surface area contributed by atoms with Gasteiger partial charge in [-0.25, -0.2) is 9.37 Å². The lowest BCUT2D eigenvalue weighted by atomic mass is 9.97. The van der Waals surface area contributed by atoms with E-state index in [1.807, 2.05) is 0 Å². The first-order valence-electron chi connectivity index (χ1n) is 8.30. The van der Waals surface area contributed by atoms with Crippen molar-refractivity contribution in [2.45, 2.75) is 0 Å². The summed E-state index contributed by atoms with van der Waals surface area (Å²) in [4.78, 5) is 4.21. The molecule has 142 valence electrons. The number of rotatable bonds is 5. The van der Waals surface area contributed by atoms with Crippen LogP contribution in [0, 0.1) is 17.1 Å². The second kappa shape index (κ2) is 7.84. The molecule has 7 heteroatoms. The summed E-state index contributed by atoms with van der Waals surface area (Å²) in [5, 5.41) is 9.63. The highest BCUT2D eigenvalue weighted by molar-refractivity contribution is 5.85. The van der Waals surface area contributed by atoms with Crippen molar-refractivity contribution in [1.29, 1.82) is 5.26 Å². The fourth-order valence-corrected chi connectivity index (χ4v) is 3.02. The number of pyridine rings is 1. The van der Waals surface area contributed by atoms with Gasteiger partial charge in [-0.05, 0) is 30.3 Å². The highest BCUT2D eigenvalue weighted by Crippen LogP contribution is 2.46. The summed E-state index contributed by atoms with van der Waals surface area (Å²) in [7, 11) is 4.48. The Morgan fingerprint density at radius 1 is 0.929 bits per heavy atom. The Morgan fingerprint density at radius 2 is 1.64 bits per heavy atom. The molecule has 2 aromatic carbocycles. The van der Waals surface area contributed by atoms with Gasteiger partial charge in [0.2, 0.25) is 5.75 Å². The molecule has 3 aromatic rings. The molecule has 0 aliphatic heterocycles. The summed E-state index contributed by atoms with van der Waals surface area (Å²) in [5.41, 5.74) is 7.76. The van der Waals surface area contributed by atoms with Crippen LogP contribution in [0.4, 0.5) is 10.2 Å². The number of ether oxygens (including phenoxy) is 3. The van der Waals surface area contributed by atoms with E-state index in [2.05, 4.69) is 11.1 Å². The van der Waals surface area contributed by atoms with Gasteiger partial charge in [0.15, 0.2) is 11.5 Å². The smallest absolute Gasteiger partial charge is 0.203 e. The molecule has 0 bridgehead atoms. The number of hydrogen-bond donors (Lipinski definition) is 1. The average Bonchev–Trinajstić information content (AvgIpc) is 2.72. The largest absolute Gasteiger partial charge is 0.493 e. The molecular weight excluding hydrogens is 361 g/mol. The number of nitrogens with zero attached hydrogens (tertiary/aromatic N) is 2. The first-order chi connectivity index (χ1) is 13.5. The van der Waals surface area contributed by atoms with Crippen LogP contribution in [-0.2, 0) is 0 Å². The number of nitrogens with two attached hydrogens (primary N) is 1. The van der Waals surface area contributed by atoms with E-state index < -0.39 is 5.82 Å². The molecule has 1 heterocycles. The Balaban J connectivity index is 2.34. The van der Waals surface area contributed by atoms with Crippen molar-refractivity contribution in [3.8, 4) is 45.7 Å². The van der Waals surface area contributed by atoms with E-state index in [4.69, 9.17) is 19.9 Å². The Labute approximate surface area is 161 Å². The van der Waals surface area contributed by atoms with Gasteiger partial charge in [-0.3, -0.25) is 0 Å². The van der Waals surface area contributed by atoms with Crippen LogP contribution in [0.15, 0.2) is 42.5 Å². The minimum Gasteiger partial charge on any atom is -0.493 e. The molecule has 0 radical (unpaired) electrons. The topological polar surface area (TPSA) is 90.4 Å². The van der Waals surface area contributed by atoms with Crippen LogP contribution >= 0.6 is 0 Å². The molecule has 0 saturated heterocycles. The number of nitrogen functional groups attached to an aromatic ring is 1. The summed E-state index contributed by atoms with van der Waals surface area (Å²) < 4.78 is 30.5. The van der Waals surface area contributed by atoms with E-state index in [9.17, 15) is 9.65 Å². The summed E-state index contributed by atoms with van der Waals surface area (Å²) in [6.07, 6.45) is 0. The van der Waals surface area contributed by atoms with Gasteiger partial charge in [0, 0.05) is 16.7 Å². The third kappa shape index (κ3) is 3.16. The van der Waals surface area contributed by atoms with Gasteiger partial charge >= 0.3 is 0 Å². The zero-order valence-electron chi connectivity index (χ0n) is 15.6.